The van der Waals surface area contributed by atoms with Crippen LogP contribution in [0.4, 0.5) is 0 Å². The molecule has 2 atom stereocenters. The van der Waals surface area contributed by atoms with Gasteiger partial charge in [-0.25, -0.2) is 4.79 Å². The maximum Gasteiger partial charge on any atom is 0.345 e. The summed E-state index contributed by atoms with van der Waals surface area (Å²) in [6.45, 7) is 1.40. The Bertz CT molecular complexity index is 245. The Hall–Kier alpha value is -0.420. The van der Waals surface area contributed by atoms with E-state index in [1.165, 1.54) is 7.11 Å². The van der Waals surface area contributed by atoms with Gasteiger partial charge in [0.1, 0.15) is 5.78 Å². The Morgan fingerprint density at radius 1 is 1.60 bits per heavy atom. The van der Waals surface area contributed by atoms with Crippen molar-refractivity contribution in [3.63, 3.8) is 0 Å². The van der Waals surface area contributed by atoms with Gasteiger partial charge in [-0.15, -0.1) is 0 Å². The van der Waals surface area contributed by atoms with Crippen molar-refractivity contribution in [3.8, 4) is 0 Å². The van der Waals surface area contributed by atoms with Crippen LogP contribution in [0.5, 0.6) is 0 Å². The van der Waals surface area contributed by atoms with Gasteiger partial charge in [0, 0.05) is 0 Å². The van der Waals surface area contributed by atoms with E-state index in [1.54, 1.807) is 0 Å². The monoisotopic (exact) mass is 239 g/mol. The van der Waals surface area contributed by atoms with Gasteiger partial charge in [0.25, 0.3) is 0 Å². The lowest BCUT2D eigenvalue weighted by Crippen LogP contribution is -2.23. The Morgan fingerprint density at radius 3 is 2.67 bits per heavy atom. The van der Waals surface area contributed by atoms with Crippen LogP contribution in [-0.2, 0) is 18.6 Å². The zero-order chi connectivity index (χ0) is 11.9. The number of carbonyl (C=O) groups is 1. The van der Waals surface area contributed by atoms with Crippen molar-refractivity contribution in [1.29, 1.82) is 0 Å². The summed E-state index contributed by atoms with van der Waals surface area (Å²) in [5.41, 5.74) is 5.47. The SMILES string of the molecule is CCCCC(N)P(=O)(O)OCC(=O)OC. The quantitative estimate of drug-likeness (QED) is 0.504. The average Bonchev–Trinajstić information content (AvgIpc) is 2.22. The van der Waals surface area contributed by atoms with Gasteiger partial charge in [0.05, 0.1) is 7.11 Å². The van der Waals surface area contributed by atoms with E-state index in [4.69, 9.17) is 5.73 Å². The van der Waals surface area contributed by atoms with Crippen molar-refractivity contribution in [2.45, 2.75) is 32.0 Å². The van der Waals surface area contributed by atoms with Crippen LogP contribution in [0.3, 0.4) is 0 Å². The number of esters is 1. The fraction of sp³-hybridized carbons (Fsp3) is 0.875. The van der Waals surface area contributed by atoms with Crippen LogP contribution in [-0.4, -0.2) is 30.4 Å². The normalized spacial score (nSPS) is 16.8. The number of rotatable bonds is 7. The first-order chi connectivity index (χ1) is 6.94. The first kappa shape index (κ1) is 14.6. The van der Waals surface area contributed by atoms with Crippen LogP contribution in [0.1, 0.15) is 26.2 Å². The van der Waals surface area contributed by atoms with Crippen LogP contribution >= 0.6 is 7.60 Å². The molecule has 0 aliphatic carbocycles. The van der Waals surface area contributed by atoms with Gasteiger partial charge in [0.2, 0.25) is 0 Å². The van der Waals surface area contributed by atoms with Gasteiger partial charge >= 0.3 is 13.6 Å². The van der Waals surface area contributed by atoms with Gasteiger partial charge in [-0.3, -0.25) is 9.09 Å². The number of carbonyl (C=O) groups excluding carboxylic acids is 1. The molecule has 0 amide bonds. The van der Waals surface area contributed by atoms with Crippen molar-refractivity contribution < 1.29 is 23.5 Å². The van der Waals surface area contributed by atoms with E-state index in [2.05, 4.69) is 9.26 Å². The van der Waals surface area contributed by atoms with Crippen LogP contribution < -0.4 is 5.73 Å². The standard InChI is InChI=1S/C8H18NO5P/c1-3-4-5-7(9)15(11,12)14-6-8(10)13-2/h7H,3-6,9H2,1-2H3,(H,11,12). The van der Waals surface area contributed by atoms with Gasteiger partial charge < -0.3 is 15.4 Å². The molecule has 0 heterocycles. The van der Waals surface area contributed by atoms with Crippen molar-refractivity contribution in [2.24, 2.45) is 5.73 Å². The maximum atomic E-state index is 11.4. The zero-order valence-electron chi connectivity index (χ0n) is 9.01. The van der Waals surface area contributed by atoms with E-state index in [1.807, 2.05) is 6.92 Å². The topological polar surface area (TPSA) is 98.9 Å². The van der Waals surface area contributed by atoms with E-state index in [0.717, 1.165) is 12.8 Å². The molecule has 0 rings (SSSR count). The van der Waals surface area contributed by atoms with Crippen LogP contribution in [0, 0.1) is 0 Å². The van der Waals surface area contributed by atoms with Crippen molar-refractivity contribution in [1.82, 2.24) is 0 Å². The van der Waals surface area contributed by atoms with Crippen LogP contribution in [0.2, 0.25) is 0 Å². The second-order valence-electron chi connectivity index (χ2n) is 3.12. The molecule has 0 bridgehead atoms. The molecule has 0 saturated heterocycles. The molecule has 0 aromatic heterocycles. The summed E-state index contributed by atoms with van der Waals surface area (Å²) >= 11 is 0. The summed E-state index contributed by atoms with van der Waals surface area (Å²) in [5, 5.41) is 0. The second-order valence-corrected chi connectivity index (χ2v) is 5.17. The first-order valence-electron chi connectivity index (χ1n) is 4.73. The third kappa shape index (κ3) is 5.89. The number of unbranched alkanes of at least 4 members (excludes halogenated alkanes) is 1. The molecule has 0 aromatic carbocycles. The first-order valence-corrected chi connectivity index (χ1v) is 6.38. The summed E-state index contributed by atoms with van der Waals surface area (Å²) in [7, 11) is -2.73. The molecule has 7 heteroatoms. The highest BCUT2D eigenvalue weighted by Crippen LogP contribution is 2.46. The fourth-order valence-corrected chi connectivity index (χ4v) is 1.87. The van der Waals surface area contributed by atoms with E-state index in [0.29, 0.717) is 6.42 Å². The lowest BCUT2D eigenvalue weighted by Gasteiger charge is -2.17. The predicted molar refractivity (Wildman–Crippen MR) is 55.3 cm³/mol. The molecule has 15 heavy (non-hydrogen) atoms. The minimum Gasteiger partial charge on any atom is -0.467 e. The van der Waals surface area contributed by atoms with Crippen molar-refractivity contribution in [2.75, 3.05) is 13.7 Å². The molecular weight excluding hydrogens is 221 g/mol. The van der Waals surface area contributed by atoms with Crippen molar-refractivity contribution in [3.05, 3.63) is 0 Å². The maximum absolute atomic E-state index is 11.4. The van der Waals surface area contributed by atoms with E-state index in [-0.39, 0.29) is 0 Å². The molecule has 0 aromatic rings. The highest BCUT2D eigenvalue weighted by atomic mass is 31.2. The molecule has 3 N–H and O–H groups in total. The van der Waals surface area contributed by atoms with Crippen LogP contribution in [0.25, 0.3) is 0 Å². The third-order valence-corrected chi connectivity index (χ3v) is 3.46. The predicted octanol–water partition coefficient (Wildman–Crippen LogP) is 0.836. The lowest BCUT2D eigenvalue weighted by molar-refractivity contribution is -0.143. The summed E-state index contributed by atoms with van der Waals surface area (Å²) in [4.78, 5) is 20.0. The molecule has 90 valence electrons. The van der Waals surface area contributed by atoms with Crippen LogP contribution in [0.15, 0.2) is 0 Å². The summed E-state index contributed by atoms with van der Waals surface area (Å²) in [6.07, 6.45) is 2.02. The number of hydrogen-bond acceptors (Lipinski definition) is 5. The van der Waals surface area contributed by atoms with E-state index >= 15 is 0 Å². The lowest BCUT2D eigenvalue weighted by atomic mass is 10.2. The molecule has 0 saturated carbocycles. The smallest absolute Gasteiger partial charge is 0.345 e. The molecular formula is C8H18NO5P. The molecule has 0 radical (unpaired) electrons. The Balaban J connectivity index is 4.04. The number of methoxy groups -OCH3 is 1. The average molecular weight is 239 g/mol. The minimum absolute atomic E-state index is 0.394. The fourth-order valence-electron chi connectivity index (χ4n) is 0.876. The summed E-state index contributed by atoms with van der Waals surface area (Å²) in [6, 6.07) is 0. The number of nitrogens with two attached hydrogens (primary N) is 1. The zero-order valence-corrected chi connectivity index (χ0v) is 9.90. The largest absolute Gasteiger partial charge is 0.467 e. The Morgan fingerprint density at radius 2 is 2.20 bits per heavy atom. The molecule has 0 aliphatic rings. The van der Waals surface area contributed by atoms with Crippen molar-refractivity contribution >= 4 is 13.6 Å². The van der Waals surface area contributed by atoms with E-state index < -0.39 is 26.0 Å². The van der Waals surface area contributed by atoms with Gasteiger partial charge in [-0.1, -0.05) is 19.8 Å². The number of ether oxygens (including phenoxy) is 1. The highest BCUT2D eigenvalue weighted by molar-refractivity contribution is 7.53. The Labute approximate surface area is 89.3 Å². The second kappa shape index (κ2) is 6.95. The van der Waals surface area contributed by atoms with Gasteiger partial charge in [-0.05, 0) is 6.42 Å². The Kier molecular flexibility index (Phi) is 6.76. The molecule has 2 unspecified atom stereocenters. The summed E-state index contributed by atoms with van der Waals surface area (Å²) in [5.74, 6) is -1.64. The highest BCUT2D eigenvalue weighted by Gasteiger charge is 2.29. The molecule has 0 aliphatic heterocycles. The third-order valence-electron chi connectivity index (χ3n) is 1.87. The van der Waals surface area contributed by atoms with Gasteiger partial charge in [-0.2, -0.15) is 0 Å². The van der Waals surface area contributed by atoms with Gasteiger partial charge in [0.15, 0.2) is 6.61 Å². The molecule has 6 nitrogen and oxygen atoms in total. The minimum atomic E-state index is -3.90. The number of hydrogen-bond donors (Lipinski definition) is 2. The summed E-state index contributed by atoms with van der Waals surface area (Å²) < 4.78 is 20.3. The molecule has 0 fully saturated rings. The molecule has 0 spiro atoms. The van der Waals surface area contributed by atoms with E-state index in [9.17, 15) is 14.3 Å².